The van der Waals surface area contributed by atoms with Crippen LogP contribution in [0.15, 0.2) is 42.5 Å². The van der Waals surface area contributed by atoms with Gasteiger partial charge in [0.15, 0.2) is 17.2 Å². The minimum absolute atomic E-state index is 0.137. The van der Waals surface area contributed by atoms with Crippen molar-refractivity contribution >= 4 is 28.5 Å². The van der Waals surface area contributed by atoms with Gasteiger partial charge in [-0.25, -0.2) is 8.78 Å². The van der Waals surface area contributed by atoms with Crippen LogP contribution in [-0.4, -0.2) is 40.4 Å². The van der Waals surface area contributed by atoms with E-state index in [1.165, 1.54) is 6.07 Å². The molecule has 0 radical (unpaired) electrons. The monoisotopic (exact) mass is 431 g/mol. The lowest BCUT2D eigenvalue weighted by atomic mass is 10.1. The van der Waals surface area contributed by atoms with Crippen LogP contribution in [0.1, 0.15) is 0 Å². The fraction of sp³-hybridized carbons (Fsp3) is 0.150. The molecule has 0 spiro atoms. The Kier molecular flexibility index (Phi) is 5.73. The van der Waals surface area contributed by atoms with Gasteiger partial charge in [-0.2, -0.15) is 15.1 Å². The molecule has 4 aromatic rings. The highest BCUT2D eigenvalue weighted by Gasteiger charge is 2.19. The average molecular weight is 432 g/mol. The summed E-state index contributed by atoms with van der Waals surface area (Å²) in [6.45, 7) is 0.869. The van der Waals surface area contributed by atoms with Crippen LogP contribution in [0.5, 0.6) is 11.8 Å². The molecule has 30 heavy (non-hydrogen) atoms. The Bertz CT molecular complexity index is 1200. The zero-order valence-corrected chi connectivity index (χ0v) is 16.5. The van der Waals surface area contributed by atoms with Crippen molar-refractivity contribution in [3.63, 3.8) is 0 Å². The molecule has 2 aromatic carbocycles. The molecule has 0 unspecified atom stereocenters. The first-order valence-electron chi connectivity index (χ1n) is 8.93. The number of methoxy groups -OCH3 is 1. The Balaban J connectivity index is 1.80. The molecule has 2 aromatic heterocycles. The number of halogens is 3. The van der Waals surface area contributed by atoms with Crippen molar-refractivity contribution in [2.45, 2.75) is 0 Å². The maximum Gasteiger partial charge on any atom is 0.326 e. The Morgan fingerprint density at radius 1 is 1.13 bits per heavy atom. The van der Waals surface area contributed by atoms with Gasteiger partial charge in [0.05, 0.1) is 17.0 Å². The number of nitrogens with one attached hydrogen (secondary N) is 2. The molecule has 0 bridgehead atoms. The Morgan fingerprint density at radius 3 is 2.73 bits per heavy atom. The van der Waals surface area contributed by atoms with Crippen molar-refractivity contribution in [2.75, 3.05) is 25.6 Å². The van der Waals surface area contributed by atoms with Gasteiger partial charge in [0.2, 0.25) is 0 Å². The van der Waals surface area contributed by atoms with Gasteiger partial charge in [0, 0.05) is 25.3 Å². The van der Waals surface area contributed by atoms with Gasteiger partial charge >= 0.3 is 6.01 Å². The lowest BCUT2D eigenvalue weighted by Crippen LogP contribution is -2.10. The molecule has 0 atom stereocenters. The Morgan fingerprint density at radius 2 is 1.97 bits per heavy atom. The summed E-state index contributed by atoms with van der Waals surface area (Å²) in [5.41, 5.74) is 1.61. The highest BCUT2D eigenvalue weighted by molar-refractivity contribution is 6.33. The van der Waals surface area contributed by atoms with Crippen LogP contribution in [0.4, 0.5) is 14.6 Å². The van der Waals surface area contributed by atoms with Gasteiger partial charge in [0.25, 0.3) is 0 Å². The maximum atomic E-state index is 14.0. The number of fused-ring (bicyclic) bond motifs is 1. The number of nitrogens with zero attached hydrogens (tertiary/aromatic N) is 3. The van der Waals surface area contributed by atoms with Crippen molar-refractivity contribution in [3.05, 3.63) is 59.1 Å². The first-order valence-corrected chi connectivity index (χ1v) is 9.31. The van der Waals surface area contributed by atoms with E-state index in [1.54, 1.807) is 13.2 Å². The predicted octanol–water partition coefficient (Wildman–Crippen LogP) is 4.80. The largest absolute Gasteiger partial charge is 0.421 e. The molecular weight excluding hydrogens is 416 g/mol. The van der Waals surface area contributed by atoms with Gasteiger partial charge in [-0.1, -0.05) is 29.8 Å². The summed E-state index contributed by atoms with van der Waals surface area (Å²) in [6.07, 6.45) is 0. The zero-order valence-electron chi connectivity index (χ0n) is 15.7. The van der Waals surface area contributed by atoms with E-state index in [1.807, 2.05) is 18.2 Å². The third-order valence-electron chi connectivity index (χ3n) is 4.22. The quantitative estimate of drug-likeness (QED) is 0.409. The summed E-state index contributed by atoms with van der Waals surface area (Å²) in [5.74, 6) is -1.38. The van der Waals surface area contributed by atoms with Crippen LogP contribution in [0.25, 0.3) is 22.3 Å². The van der Waals surface area contributed by atoms with Crippen molar-refractivity contribution in [3.8, 4) is 23.0 Å². The molecule has 4 rings (SSSR count). The minimum atomic E-state index is -0.867. The number of anilines is 1. The van der Waals surface area contributed by atoms with Crippen molar-refractivity contribution < 1.29 is 18.3 Å². The Hall–Kier alpha value is -3.30. The number of hydrogen-bond donors (Lipinski definition) is 2. The highest BCUT2D eigenvalue weighted by Crippen LogP contribution is 2.35. The fourth-order valence-corrected chi connectivity index (χ4v) is 3.08. The SMILES string of the molecule is COCCNc1nc(Oc2ccc(F)cc2F)nc2[nH]nc(-c3ccccc3Cl)c12. The van der Waals surface area contributed by atoms with E-state index in [2.05, 4.69) is 25.5 Å². The zero-order chi connectivity index (χ0) is 21.1. The van der Waals surface area contributed by atoms with E-state index in [-0.39, 0.29) is 11.8 Å². The van der Waals surface area contributed by atoms with Crippen LogP contribution >= 0.6 is 11.6 Å². The number of benzene rings is 2. The summed E-state index contributed by atoms with van der Waals surface area (Å²) in [7, 11) is 1.58. The van der Waals surface area contributed by atoms with Crippen molar-refractivity contribution in [2.24, 2.45) is 0 Å². The van der Waals surface area contributed by atoms with Gasteiger partial charge < -0.3 is 14.8 Å². The standard InChI is InChI=1S/C20H16ClF2N5O2/c1-29-9-8-24-18-16-17(12-4-2-3-5-13(12)21)27-28-19(16)26-20(25-18)30-15-7-6-11(22)10-14(15)23/h2-7,10H,8-9H2,1H3,(H2,24,25,26,27,28). The first kappa shape index (κ1) is 20.0. The molecule has 2 heterocycles. The molecule has 10 heteroatoms. The third kappa shape index (κ3) is 4.03. The van der Waals surface area contributed by atoms with E-state index in [4.69, 9.17) is 21.1 Å². The van der Waals surface area contributed by atoms with Gasteiger partial charge in [-0.3, -0.25) is 5.10 Å². The normalized spacial score (nSPS) is 11.1. The molecule has 7 nitrogen and oxygen atoms in total. The molecule has 2 N–H and O–H groups in total. The molecule has 154 valence electrons. The highest BCUT2D eigenvalue weighted by atomic mass is 35.5. The maximum absolute atomic E-state index is 14.0. The van der Waals surface area contributed by atoms with E-state index in [9.17, 15) is 8.78 Å². The van der Waals surface area contributed by atoms with Crippen molar-refractivity contribution in [1.82, 2.24) is 20.2 Å². The lowest BCUT2D eigenvalue weighted by molar-refractivity contribution is 0.210. The summed E-state index contributed by atoms with van der Waals surface area (Å²) in [4.78, 5) is 8.63. The number of rotatable bonds is 7. The van der Waals surface area contributed by atoms with Crippen LogP contribution in [0, 0.1) is 11.6 Å². The summed E-state index contributed by atoms with van der Waals surface area (Å²) >= 11 is 6.33. The number of aromatic nitrogens is 4. The van der Waals surface area contributed by atoms with Crippen LogP contribution in [0.2, 0.25) is 5.02 Å². The Labute approximate surface area is 175 Å². The van der Waals surface area contributed by atoms with Gasteiger partial charge in [-0.05, 0) is 18.2 Å². The molecule has 0 fully saturated rings. The van der Waals surface area contributed by atoms with E-state index < -0.39 is 11.6 Å². The van der Waals surface area contributed by atoms with Crippen LogP contribution in [-0.2, 0) is 4.74 Å². The van der Waals surface area contributed by atoms with Crippen LogP contribution < -0.4 is 10.1 Å². The van der Waals surface area contributed by atoms with Gasteiger partial charge in [0.1, 0.15) is 17.3 Å². The first-order chi connectivity index (χ1) is 14.6. The molecule has 0 saturated carbocycles. The molecule has 0 saturated heterocycles. The predicted molar refractivity (Wildman–Crippen MR) is 109 cm³/mol. The van der Waals surface area contributed by atoms with Gasteiger partial charge in [-0.15, -0.1) is 0 Å². The molecular formula is C20H16ClF2N5O2. The summed E-state index contributed by atoms with van der Waals surface area (Å²) in [5, 5.41) is 11.4. The molecule has 0 aliphatic rings. The number of ether oxygens (including phenoxy) is 2. The van der Waals surface area contributed by atoms with E-state index >= 15 is 0 Å². The number of hydrogen-bond acceptors (Lipinski definition) is 6. The molecule has 0 amide bonds. The van der Waals surface area contributed by atoms with Crippen molar-refractivity contribution in [1.29, 1.82) is 0 Å². The van der Waals surface area contributed by atoms with Crippen LogP contribution in [0.3, 0.4) is 0 Å². The lowest BCUT2D eigenvalue weighted by Gasteiger charge is -2.10. The molecule has 0 aliphatic carbocycles. The summed E-state index contributed by atoms with van der Waals surface area (Å²) < 4.78 is 37.7. The molecule has 0 aliphatic heterocycles. The van der Waals surface area contributed by atoms with E-state index in [0.29, 0.717) is 46.3 Å². The average Bonchev–Trinajstić information content (AvgIpc) is 3.14. The summed E-state index contributed by atoms with van der Waals surface area (Å²) in [6, 6.07) is 10.1. The third-order valence-corrected chi connectivity index (χ3v) is 4.55. The van der Waals surface area contributed by atoms with E-state index in [0.717, 1.165) is 12.1 Å². The number of aromatic amines is 1. The minimum Gasteiger partial charge on any atom is -0.421 e. The smallest absolute Gasteiger partial charge is 0.326 e. The fourth-order valence-electron chi connectivity index (χ4n) is 2.86. The second kappa shape index (κ2) is 8.60. The topological polar surface area (TPSA) is 85.0 Å². The number of H-pyrrole nitrogens is 1. The second-order valence-electron chi connectivity index (χ2n) is 6.23. The second-order valence-corrected chi connectivity index (χ2v) is 6.63.